The van der Waals surface area contributed by atoms with Gasteiger partial charge < -0.3 is 24.5 Å². The van der Waals surface area contributed by atoms with Crippen molar-refractivity contribution in [3.63, 3.8) is 0 Å². The summed E-state index contributed by atoms with van der Waals surface area (Å²) in [6.07, 6.45) is 3.45. The van der Waals surface area contributed by atoms with E-state index in [1.807, 2.05) is 25.1 Å². The molecular weight excluding hydrogens is 360 g/mol. The van der Waals surface area contributed by atoms with Crippen LogP contribution in [-0.4, -0.2) is 41.2 Å². The number of nitrogens with zero attached hydrogens (tertiary/aromatic N) is 1. The smallest absolute Gasteiger partial charge is 0.404 e. The van der Waals surface area contributed by atoms with Crippen molar-refractivity contribution in [2.24, 2.45) is 0 Å². The van der Waals surface area contributed by atoms with Crippen LogP contribution in [0.25, 0.3) is 11.0 Å². The minimum absolute atomic E-state index is 0.00617. The third-order valence-corrected chi connectivity index (χ3v) is 5.24. The van der Waals surface area contributed by atoms with Gasteiger partial charge in [0, 0.05) is 18.7 Å². The van der Waals surface area contributed by atoms with Crippen molar-refractivity contribution in [1.29, 1.82) is 0 Å². The van der Waals surface area contributed by atoms with E-state index in [1.165, 1.54) is 6.08 Å². The zero-order chi connectivity index (χ0) is 20.3. The average Bonchev–Trinajstić information content (AvgIpc) is 2.98. The molecule has 150 valence electrons. The molecule has 0 saturated heterocycles. The molecule has 0 unspecified atom stereocenters. The fourth-order valence-electron chi connectivity index (χ4n) is 3.69. The zero-order valence-corrected chi connectivity index (χ0v) is 16.2. The summed E-state index contributed by atoms with van der Waals surface area (Å²) in [6, 6.07) is 5.70. The van der Waals surface area contributed by atoms with Crippen LogP contribution in [0.15, 0.2) is 35.3 Å². The predicted octanol–water partition coefficient (Wildman–Crippen LogP) is 3.84. The molecule has 2 amide bonds. The van der Waals surface area contributed by atoms with Crippen molar-refractivity contribution in [2.75, 3.05) is 7.05 Å². The Morgan fingerprint density at radius 1 is 1.36 bits per heavy atom. The van der Waals surface area contributed by atoms with Gasteiger partial charge >= 0.3 is 6.09 Å². The number of hydrogen-bond donors (Lipinski definition) is 2. The quantitative estimate of drug-likeness (QED) is 0.736. The number of carbonyl (C=O) groups excluding carboxylic acids is 1. The Morgan fingerprint density at radius 3 is 2.71 bits per heavy atom. The molecule has 7 nitrogen and oxygen atoms in total. The molecule has 1 aliphatic rings. The van der Waals surface area contributed by atoms with E-state index >= 15 is 0 Å². The van der Waals surface area contributed by atoms with Gasteiger partial charge in [0.1, 0.15) is 17.1 Å². The Bertz CT molecular complexity index is 880. The summed E-state index contributed by atoms with van der Waals surface area (Å²) in [5, 5.41) is 12.3. The molecule has 1 aromatic carbocycles. The number of furan rings is 1. The molecule has 1 saturated carbocycles. The number of aryl methyl sites for hydroxylation is 1. The van der Waals surface area contributed by atoms with Crippen molar-refractivity contribution in [2.45, 2.75) is 51.3 Å². The van der Waals surface area contributed by atoms with Gasteiger partial charge in [-0.05, 0) is 50.8 Å². The Hall–Kier alpha value is -2.96. The number of amides is 2. The first-order valence-corrected chi connectivity index (χ1v) is 9.43. The Labute approximate surface area is 163 Å². The number of nitrogens with one attached hydrogen (secondary N) is 1. The minimum Gasteiger partial charge on any atom is -0.490 e. The van der Waals surface area contributed by atoms with Crippen LogP contribution < -0.4 is 10.1 Å². The molecular formula is C21H26N2O5. The molecule has 0 aliphatic heterocycles. The molecule has 0 atom stereocenters. The van der Waals surface area contributed by atoms with E-state index in [0.29, 0.717) is 6.54 Å². The molecule has 0 radical (unpaired) electrons. The molecule has 0 spiro atoms. The summed E-state index contributed by atoms with van der Waals surface area (Å²) < 4.78 is 12.2. The van der Waals surface area contributed by atoms with E-state index in [1.54, 1.807) is 11.9 Å². The Kier molecular flexibility index (Phi) is 5.92. The fraction of sp³-hybridized carbons (Fsp3) is 0.429. The maximum absolute atomic E-state index is 11.8. The standard InChI is InChI=1S/C21H26N2O5/c1-4-19(24)23(3)12-18-13(2)20-16(6-5-7-17(20)28-18)27-15-10-8-14(9-11-15)22-21(25)26/h4-7,14-15,22H,1,8-12H2,2-3H3,(H,25,26)/t14-,15-. The lowest BCUT2D eigenvalue weighted by atomic mass is 9.93. The first-order chi connectivity index (χ1) is 13.4. The topological polar surface area (TPSA) is 92.0 Å². The van der Waals surface area contributed by atoms with Gasteiger partial charge in [-0.1, -0.05) is 12.6 Å². The SMILES string of the molecule is C=CC(=O)N(C)Cc1oc2cccc(O[C@H]3CC[C@H](NC(=O)O)CC3)c2c1C. The van der Waals surface area contributed by atoms with Crippen LogP contribution in [0.2, 0.25) is 0 Å². The van der Waals surface area contributed by atoms with Crippen LogP contribution >= 0.6 is 0 Å². The Morgan fingerprint density at radius 2 is 2.07 bits per heavy atom. The maximum Gasteiger partial charge on any atom is 0.404 e. The van der Waals surface area contributed by atoms with Crippen LogP contribution in [0, 0.1) is 6.92 Å². The second-order valence-corrected chi connectivity index (χ2v) is 7.22. The average molecular weight is 386 g/mol. The largest absolute Gasteiger partial charge is 0.490 e. The van der Waals surface area contributed by atoms with Gasteiger partial charge in [-0.2, -0.15) is 0 Å². The lowest BCUT2D eigenvalue weighted by Gasteiger charge is -2.29. The molecule has 2 aromatic rings. The normalized spacial score (nSPS) is 19.2. The summed E-state index contributed by atoms with van der Waals surface area (Å²) in [5.74, 6) is 1.32. The molecule has 1 fully saturated rings. The van der Waals surface area contributed by atoms with Gasteiger partial charge in [-0.15, -0.1) is 0 Å². The second-order valence-electron chi connectivity index (χ2n) is 7.22. The highest BCUT2D eigenvalue weighted by Crippen LogP contribution is 2.35. The molecule has 2 N–H and O–H groups in total. The monoisotopic (exact) mass is 386 g/mol. The van der Waals surface area contributed by atoms with Gasteiger partial charge in [-0.3, -0.25) is 4.79 Å². The van der Waals surface area contributed by atoms with Crippen LogP contribution in [0.5, 0.6) is 5.75 Å². The number of carboxylic acid groups (broad SMARTS) is 1. The predicted molar refractivity (Wildman–Crippen MR) is 105 cm³/mol. The van der Waals surface area contributed by atoms with E-state index in [-0.39, 0.29) is 18.1 Å². The molecule has 7 heteroatoms. The third kappa shape index (κ3) is 4.30. The van der Waals surface area contributed by atoms with E-state index in [0.717, 1.165) is 53.7 Å². The number of ether oxygens (including phenoxy) is 1. The fourth-order valence-corrected chi connectivity index (χ4v) is 3.69. The van der Waals surface area contributed by atoms with Gasteiger partial charge in [0.25, 0.3) is 0 Å². The van der Waals surface area contributed by atoms with Crippen LogP contribution in [0.4, 0.5) is 4.79 Å². The highest BCUT2D eigenvalue weighted by molar-refractivity contribution is 5.89. The third-order valence-electron chi connectivity index (χ3n) is 5.24. The van der Waals surface area contributed by atoms with Gasteiger partial charge in [0.2, 0.25) is 5.91 Å². The number of benzene rings is 1. The van der Waals surface area contributed by atoms with Crippen molar-refractivity contribution in [3.8, 4) is 5.75 Å². The van der Waals surface area contributed by atoms with Gasteiger partial charge in [-0.25, -0.2) is 4.79 Å². The van der Waals surface area contributed by atoms with Crippen LogP contribution in [-0.2, 0) is 11.3 Å². The maximum atomic E-state index is 11.8. The molecule has 1 aromatic heterocycles. The molecule has 0 bridgehead atoms. The van der Waals surface area contributed by atoms with Crippen molar-refractivity contribution >= 4 is 23.0 Å². The first kappa shape index (κ1) is 19.8. The highest BCUT2D eigenvalue weighted by Gasteiger charge is 2.25. The summed E-state index contributed by atoms with van der Waals surface area (Å²) in [5.41, 5.74) is 1.68. The molecule has 1 heterocycles. The van der Waals surface area contributed by atoms with E-state index in [9.17, 15) is 9.59 Å². The van der Waals surface area contributed by atoms with E-state index in [4.69, 9.17) is 14.3 Å². The van der Waals surface area contributed by atoms with Crippen LogP contribution in [0.3, 0.4) is 0 Å². The lowest BCUT2D eigenvalue weighted by Crippen LogP contribution is -2.38. The lowest BCUT2D eigenvalue weighted by molar-refractivity contribution is -0.125. The molecule has 3 rings (SSSR count). The minimum atomic E-state index is -0.976. The zero-order valence-electron chi connectivity index (χ0n) is 16.2. The van der Waals surface area contributed by atoms with Crippen molar-refractivity contribution in [3.05, 3.63) is 42.2 Å². The highest BCUT2D eigenvalue weighted by atomic mass is 16.5. The summed E-state index contributed by atoms with van der Waals surface area (Å²) in [4.78, 5) is 24.1. The number of likely N-dealkylation sites (N-methyl/N-ethyl adjacent to an activating group) is 1. The van der Waals surface area contributed by atoms with E-state index < -0.39 is 6.09 Å². The summed E-state index contributed by atoms with van der Waals surface area (Å²) in [7, 11) is 1.71. The number of carbonyl (C=O) groups is 2. The molecule has 1 aliphatic carbocycles. The summed E-state index contributed by atoms with van der Waals surface area (Å²) in [6.45, 7) is 5.83. The number of fused-ring (bicyclic) bond motifs is 1. The van der Waals surface area contributed by atoms with Crippen LogP contribution in [0.1, 0.15) is 37.0 Å². The van der Waals surface area contributed by atoms with Crippen molar-refractivity contribution < 1.29 is 23.8 Å². The second kappa shape index (κ2) is 8.37. The van der Waals surface area contributed by atoms with Gasteiger partial charge in [0.05, 0.1) is 18.0 Å². The Balaban J connectivity index is 1.75. The summed E-state index contributed by atoms with van der Waals surface area (Å²) >= 11 is 0. The number of rotatable bonds is 6. The first-order valence-electron chi connectivity index (χ1n) is 9.43. The van der Waals surface area contributed by atoms with E-state index in [2.05, 4.69) is 11.9 Å². The number of hydrogen-bond acceptors (Lipinski definition) is 4. The molecule has 28 heavy (non-hydrogen) atoms. The van der Waals surface area contributed by atoms with Crippen molar-refractivity contribution in [1.82, 2.24) is 10.2 Å². The van der Waals surface area contributed by atoms with Gasteiger partial charge in [0.15, 0.2) is 0 Å².